The lowest BCUT2D eigenvalue weighted by atomic mass is 10.3. The number of carbonyl (C=O) groups excluding carboxylic acids is 2. The van der Waals surface area contributed by atoms with E-state index in [1.807, 2.05) is 0 Å². The van der Waals surface area contributed by atoms with Crippen molar-refractivity contribution < 1.29 is 31.9 Å². The summed E-state index contributed by atoms with van der Waals surface area (Å²) in [6, 6.07) is 10.0. The summed E-state index contributed by atoms with van der Waals surface area (Å²) in [6.07, 6.45) is 1.08. The Hall–Kier alpha value is -3.05. The maximum absolute atomic E-state index is 13.6. The number of benzene rings is 2. The first-order valence-corrected chi connectivity index (χ1v) is 11.2. The van der Waals surface area contributed by atoms with Gasteiger partial charge >= 0.3 is 5.97 Å². The third-order valence-corrected chi connectivity index (χ3v) is 6.16. The Balaban J connectivity index is 1.99. The number of hydrogen-bond donors (Lipinski definition) is 0. The fraction of sp³-hybridized carbons (Fsp3) is 0.211. The first-order valence-electron chi connectivity index (χ1n) is 8.54. The van der Waals surface area contributed by atoms with Crippen LogP contribution in [0.4, 0.5) is 4.39 Å². The minimum absolute atomic E-state index is 0.0855. The van der Waals surface area contributed by atoms with Gasteiger partial charge in [-0.15, -0.1) is 0 Å². The molecule has 0 bridgehead atoms. The molecule has 0 fully saturated rings. The summed E-state index contributed by atoms with van der Waals surface area (Å²) in [5.74, 6) is -1.97. The topological polar surface area (TPSA) is 104 Å². The van der Waals surface area contributed by atoms with E-state index >= 15 is 0 Å². The zero-order valence-corrected chi connectivity index (χ0v) is 17.6. The van der Waals surface area contributed by atoms with Crippen molar-refractivity contribution >= 4 is 43.3 Å². The van der Waals surface area contributed by atoms with Gasteiger partial charge in [0, 0.05) is 6.26 Å². The minimum Gasteiger partial charge on any atom is -0.481 e. The van der Waals surface area contributed by atoms with Crippen LogP contribution in [0.5, 0.6) is 5.75 Å². The molecule has 30 heavy (non-hydrogen) atoms. The summed E-state index contributed by atoms with van der Waals surface area (Å²) in [5, 5.41) is 0. The number of thiazole rings is 1. The Bertz CT molecular complexity index is 1290. The van der Waals surface area contributed by atoms with Gasteiger partial charge in [0.1, 0.15) is 6.54 Å². The number of methoxy groups -OCH3 is 1. The molecule has 158 valence electrons. The van der Waals surface area contributed by atoms with Gasteiger partial charge in [-0.3, -0.25) is 9.59 Å². The van der Waals surface area contributed by atoms with E-state index in [9.17, 15) is 22.4 Å². The Morgan fingerprint density at radius 3 is 2.60 bits per heavy atom. The molecule has 11 heteroatoms. The molecule has 0 aliphatic heterocycles. The molecular weight excluding hydrogens is 435 g/mol. The molecule has 0 aliphatic carbocycles. The number of esters is 1. The number of rotatable bonds is 6. The van der Waals surface area contributed by atoms with Gasteiger partial charge in [0.05, 0.1) is 22.2 Å². The summed E-state index contributed by atoms with van der Waals surface area (Å²) in [6.45, 7) is -0.739. The number of aromatic nitrogens is 1. The van der Waals surface area contributed by atoms with Crippen LogP contribution in [0, 0.1) is 5.82 Å². The summed E-state index contributed by atoms with van der Waals surface area (Å²) < 4.78 is 49.1. The molecule has 0 unspecified atom stereocenters. The second-order valence-corrected chi connectivity index (χ2v) is 9.20. The van der Waals surface area contributed by atoms with E-state index in [-0.39, 0.29) is 22.0 Å². The number of halogens is 1. The van der Waals surface area contributed by atoms with Crippen molar-refractivity contribution in [2.45, 2.75) is 11.4 Å². The Morgan fingerprint density at radius 1 is 1.20 bits per heavy atom. The average Bonchev–Trinajstić information content (AvgIpc) is 3.02. The first kappa shape index (κ1) is 21.7. The Kier molecular flexibility index (Phi) is 6.32. The number of nitrogens with zero attached hydrogens (tertiary/aromatic N) is 2. The van der Waals surface area contributed by atoms with Gasteiger partial charge in [0.15, 0.2) is 32.8 Å². The van der Waals surface area contributed by atoms with Gasteiger partial charge in [0.2, 0.25) is 0 Å². The predicted octanol–water partition coefficient (Wildman–Crippen LogP) is 1.92. The van der Waals surface area contributed by atoms with Crippen LogP contribution in [0.2, 0.25) is 0 Å². The fourth-order valence-electron chi connectivity index (χ4n) is 2.56. The highest BCUT2D eigenvalue weighted by atomic mass is 32.2. The van der Waals surface area contributed by atoms with Crippen LogP contribution in [0.1, 0.15) is 0 Å². The van der Waals surface area contributed by atoms with Crippen molar-refractivity contribution in [1.29, 1.82) is 0 Å². The second-order valence-electron chi connectivity index (χ2n) is 6.17. The van der Waals surface area contributed by atoms with E-state index in [1.54, 1.807) is 6.07 Å². The largest absolute Gasteiger partial charge is 0.481 e. The number of hydrogen-bond acceptors (Lipinski definition) is 7. The highest BCUT2D eigenvalue weighted by Crippen LogP contribution is 2.22. The molecule has 0 saturated heterocycles. The molecule has 0 saturated carbocycles. The Morgan fingerprint density at radius 2 is 1.93 bits per heavy atom. The monoisotopic (exact) mass is 452 g/mol. The van der Waals surface area contributed by atoms with Crippen LogP contribution >= 0.6 is 11.3 Å². The van der Waals surface area contributed by atoms with Gasteiger partial charge in [-0.25, -0.2) is 12.8 Å². The zero-order valence-electron chi connectivity index (χ0n) is 16.0. The van der Waals surface area contributed by atoms with E-state index in [1.165, 1.54) is 48.1 Å². The molecule has 0 N–H and O–H groups in total. The highest BCUT2D eigenvalue weighted by Gasteiger charge is 2.15. The van der Waals surface area contributed by atoms with E-state index in [2.05, 4.69) is 9.73 Å². The normalized spacial score (nSPS) is 12.2. The highest BCUT2D eigenvalue weighted by molar-refractivity contribution is 7.90. The van der Waals surface area contributed by atoms with Gasteiger partial charge in [-0.05, 0) is 30.3 Å². The maximum Gasteiger partial charge on any atom is 0.325 e. The van der Waals surface area contributed by atoms with E-state index in [0.29, 0.717) is 10.2 Å². The number of amides is 1. The van der Waals surface area contributed by atoms with Crippen LogP contribution in [-0.2, 0) is 30.7 Å². The van der Waals surface area contributed by atoms with Gasteiger partial charge in [0.25, 0.3) is 5.91 Å². The van der Waals surface area contributed by atoms with Crippen molar-refractivity contribution in [3.63, 3.8) is 0 Å². The average molecular weight is 452 g/mol. The summed E-state index contributed by atoms with van der Waals surface area (Å²) in [7, 11) is -2.21. The zero-order chi connectivity index (χ0) is 21.9. The van der Waals surface area contributed by atoms with Crippen molar-refractivity contribution in [2.75, 3.05) is 20.0 Å². The maximum atomic E-state index is 13.6. The second kappa shape index (κ2) is 8.76. The number of fused-ring (bicyclic) bond motifs is 1. The summed E-state index contributed by atoms with van der Waals surface area (Å²) in [5.41, 5.74) is 0.513. The molecule has 3 aromatic rings. The lowest BCUT2D eigenvalue weighted by molar-refractivity contribution is -0.141. The molecule has 8 nitrogen and oxygen atoms in total. The van der Waals surface area contributed by atoms with Gasteiger partial charge in [-0.1, -0.05) is 23.5 Å². The van der Waals surface area contributed by atoms with Crippen LogP contribution < -0.4 is 9.54 Å². The molecule has 0 atom stereocenters. The van der Waals surface area contributed by atoms with Crippen molar-refractivity contribution in [3.05, 3.63) is 53.1 Å². The molecule has 0 aliphatic rings. The standard InChI is InChI=1S/C19H17FN2O6S2/c1-27-18(24)10-22-14-8-7-12(30(2,25)26)9-16(14)29-19(22)21-17(23)11-28-15-6-4-3-5-13(15)20/h3-9H,10-11H2,1-2H3. The smallest absolute Gasteiger partial charge is 0.325 e. The SMILES string of the molecule is COC(=O)Cn1c(=NC(=O)COc2ccccc2F)sc2cc(S(C)(=O)=O)ccc21. The molecule has 0 radical (unpaired) electrons. The molecule has 3 rings (SSSR count). The lowest BCUT2D eigenvalue weighted by Crippen LogP contribution is -2.23. The number of para-hydroxylation sites is 1. The molecule has 2 aromatic carbocycles. The predicted molar refractivity (Wildman–Crippen MR) is 107 cm³/mol. The van der Waals surface area contributed by atoms with Crippen LogP contribution in [0.15, 0.2) is 52.4 Å². The fourth-order valence-corrected chi connectivity index (χ4v) is 4.36. The molecule has 1 amide bonds. The van der Waals surface area contributed by atoms with E-state index < -0.39 is 34.1 Å². The molecule has 1 aromatic heterocycles. The summed E-state index contributed by atoms with van der Waals surface area (Å²) in [4.78, 5) is 28.3. The van der Waals surface area contributed by atoms with Crippen LogP contribution in [-0.4, -0.2) is 44.8 Å². The van der Waals surface area contributed by atoms with Crippen LogP contribution in [0.25, 0.3) is 10.2 Å². The number of ether oxygens (including phenoxy) is 2. The molecule has 1 heterocycles. The molecular formula is C19H17FN2O6S2. The van der Waals surface area contributed by atoms with Crippen molar-refractivity contribution in [2.24, 2.45) is 4.99 Å². The minimum atomic E-state index is -3.44. The number of carbonyl (C=O) groups is 2. The third kappa shape index (κ3) is 4.92. The van der Waals surface area contributed by atoms with Gasteiger partial charge < -0.3 is 14.0 Å². The number of sulfone groups is 1. The molecule has 0 spiro atoms. The van der Waals surface area contributed by atoms with Crippen LogP contribution in [0.3, 0.4) is 0 Å². The van der Waals surface area contributed by atoms with Crippen molar-refractivity contribution in [3.8, 4) is 5.75 Å². The first-order chi connectivity index (χ1) is 14.2. The van der Waals surface area contributed by atoms with E-state index in [0.717, 1.165) is 17.6 Å². The quantitative estimate of drug-likeness (QED) is 0.530. The van der Waals surface area contributed by atoms with Gasteiger partial charge in [-0.2, -0.15) is 4.99 Å². The third-order valence-electron chi connectivity index (χ3n) is 4.01. The Labute approximate surface area is 175 Å². The summed E-state index contributed by atoms with van der Waals surface area (Å²) >= 11 is 1.03. The lowest BCUT2D eigenvalue weighted by Gasteiger charge is -2.05. The van der Waals surface area contributed by atoms with Crippen molar-refractivity contribution in [1.82, 2.24) is 4.57 Å². The van der Waals surface area contributed by atoms with E-state index in [4.69, 9.17) is 4.74 Å².